The summed E-state index contributed by atoms with van der Waals surface area (Å²) in [5, 5.41) is 4.01. The Kier molecular flexibility index (Phi) is 5.53. The maximum atomic E-state index is 12.7. The lowest BCUT2D eigenvalue weighted by molar-refractivity contribution is 0.348. The first-order valence-corrected chi connectivity index (χ1v) is 10.8. The van der Waals surface area contributed by atoms with Crippen molar-refractivity contribution in [1.29, 1.82) is 0 Å². The summed E-state index contributed by atoms with van der Waals surface area (Å²) in [4.78, 5) is 0.104. The lowest BCUT2D eigenvalue weighted by Gasteiger charge is -2.09. The summed E-state index contributed by atoms with van der Waals surface area (Å²) in [7, 11) is -5.36. The van der Waals surface area contributed by atoms with Crippen LogP contribution in [0.1, 0.15) is 13.3 Å². The SMILES string of the molecule is CCCS(=O)c1onc(-c2ccccc2)c1NS(=O)(=O)c1ccccc1. The van der Waals surface area contributed by atoms with Crippen molar-refractivity contribution in [1.82, 2.24) is 5.16 Å². The Morgan fingerprint density at radius 2 is 1.65 bits per heavy atom. The van der Waals surface area contributed by atoms with Crippen LogP contribution in [0.5, 0.6) is 0 Å². The van der Waals surface area contributed by atoms with E-state index in [2.05, 4.69) is 9.88 Å². The van der Waals surface area contributed by atoms with Gasteiger partial charge < -0.3 is 4.52 Å². The molecule has 1 atom stereocenters. The van der Waals surface area contributed by atoms with Crippen LogP contribution in [-0.2, 0) is 20.8 Å². The van der Waals surface area contributed by atoms with Gasteiger partial charge in [0.2, 0.25) is 5.09 Å². The van der Waals surface area contributed by atoms with E-state index in [1.54, 1.807) is 30.3 Å². The molecule has 26 heavy (non-hydrogen) atoms. The van der Waals surface area contributed by atoms with Crippen molar-refractivity contribution < 1.29 is 17.1 Å². The van der Waals surface area contributed by atoms with E-state index in [1.807, 2.05) is 25.1 Å². The molecule has 1 unspecified atom stereocenters. The molecule has 3 rings (SSSR count). The topological polar surface area (TPSA) is 89.3 Å². The first-order valence-electron chi connectivity index (χ1n) is 8.04. The number of benzene rings is 2. The molecule has 1 heterocycles. The van der Waals surface area contributed by atoms with Crippen LogP contribution in [-0.4, -0.2) is 23.5 Å². The highest BCUT2D eigenvalue weighted by Crippen LogP contribution is 2.34. The quantitative estimate of drug-likeness (QED) is 0.665. The Labute approximate surface area is 154 Å². The predicted octanol–water partition coefficient (Wildman–Crippen LogP) is 3.66. The van der Waals surface area contributed by atoms with Gasteiger partial charge in [-0.2, -0.15) is 0 Å². The van der Waals surface area contributed by atoms with E-state index in [0.717, 1.165) is 0 Å². The maximum Gasteiger partial charge on any atom is 0.262 e. The number of rotatable bonds is 7. The molecule has 2 aromatic carbocycles. The molecule has 0 aliphatic carbocycles. The maximum absolute atomic E-state index is 12.7. The first-order chi connectivity index (χ1) is 12.5. The van der Waals surface area contributed by atoms with Gasteiger partial charge >= 0.3 is 0 Å². The van der Waals surface area contributed by atoms with Gasteiger partial charge in [0.15, 0.2) is 0 Å². The number of nitrogens with one attached hydrogen (secondary N) is 1. The number of hydrogen-bond donors (Lipinski definition) is 1. The van der Waals surface area contributed by atoms with E-state index in [9.17, 15) is 12.6 Å². The van der Waals surface area contributed by atoms with Crippen molar-refractivity contribution in [3.8, 4) is 11.3 Å². The van der Waals surface area contributed by atoms with Gasteiger partial charge in [-0.1, -0.05) is 60.6 Å². The van der Waals surface area contributed by atoms with Crippen LogP contribution in [0, 0.1) is 0 Å². The van der Waals surface area contributed by atoms with Crippen LogP contribution in [0.4, 0.5) is 5.69 Å². The molecule has 0 saturated heterocycles. The van der Waals surface area contributed by atoms with Gasteiger partial charge in [0.1, 0.15) is 11.4 Å². The van der Waals surface area contributed by atoms with E-state index in [0.29, 0.717) is 23.4 Å². The first kappa shape index (κ1) is 18.3. The van der Waals surface area contributed by atoms with Crippen molar-refractivity contribution in [2.45, 2.75) is 23.3 Å². The van der Waals surface area contributed by atoms with Crippen LogP contribution >= 0.6 is 0 Å². The Bertz CT molecular complexity index is 1000. The second-order valence-corrected chi connectivity index (χ2v) is 8.68. The monoisotopic (exact) mass is 390 g/mol. The zero-order chi connectivity index (χ0) is 18.6. The molecule has 1 aromatic heterocycles. The summed E-state index contributed by atoms with van der Waals surface area (Å²) in [6, 6.07) is 17.0. The molecule has 0 aliphatic rings. The van der Waals surface area contributed by atoms with E-state index in [-0.39, 0.29) is 15.7 Å². The molecule has 3 aromatic rings. The van der Waals surface area contributed by atoms with Gasteiger partial charge in [-0.15, -0.1) is 0 Å². The zero-order valence-corrected chi connectivity index (χ0v) is 15.7. The minimum Gasteiger partial charge on any atom is -0.344 e. The van der Waals surface area contributed by atoms with Gasteiger partial charge in [0.25, 0.3) is 10.0 Å². The number of aromatic nitrogens is 1. The second-order valence-electron chi connectivity index (χ2n) is 5.53. The minimum absolute atomic E-state index is 0.0326. The highest BCUT2D eigenvalue weighted by Gasteiger charge is 2.26. The van der Waals surface area contributed by atoms with Crippen molar-refractivity contribution >= 4 is 26.5 Å². The van der Waals surface area contributed by atoms with Crippen molar-refractivity contribution in [2.24, 2.45) is 0 Å². The van der Waals surface area contributed by atoms with E-state index in [4.69, 9.17) is 4.52 Å². The summed E-state index contributed by atoms with van der Waals surface area (Å²) in [5.41, 5.74) is 1.10. The third-order valence-electron chi connectivity index (χ3n) is 3.59. The number of hydrogen-bond acceptors (Lipinski definition) is 5. The molecular formula is C18H18N2O4S2. The standard InChI is InChI=1S/C18H18N2O4S2/c1-2-13-25(21)18-17(16(19-24-18)14-9-5-3-6-10-14)20-26(22,23)15-11-7-4-8-12-15/h3-12,20H,2,13H2,1H3. The lowest BCUT2D eigenvalue weighted by atomic mass is 10.1. The van der Waals surface area contributed by atoms with Crippen LogP contribution in [0.2, 0.25) is 0 Å². The predicted molar refractivity (Wildman–Crippen MR) is 101 cm³/mol. The minimum atomic E-state index is -3.87. The molecule has 8 heteroatoms. The average Bonchev–Trinajstić information content (AvgIpc) is 3.06. The van der Waals surface area contributed by atoms with Crippen LogP contribution in [0.15, 0.2) is 75.2 Å². The fourth-order valence-electron chi connectivity index (χ4n) is 2.38. The summed E-state index contributed by atoms with van der Waals surface area (Å²) in [6.07, 6.45) is 0.666. The molecule has 0 fully saturated rings. The van der Waals surface area contributed by atoms with Gasteiger partial charge in [-0.05, 0) is 18.6 Å². The van der Waals surface area contributed by atoms with E-state index < -0.39 is 20.8 Å². The molecular weight excluding hydrogens is 372 g/mol. The Balaban J connectivity index is 2.09. The zero-order valence-electron chi connectivity index (χ0n) is 14.1. The largest absolute Gasteiger partial charge is 0.344 e. The molecule has 0 bridgehead atoms. The Morgan fingerprint density at radius 1 is 1.04 bits per heavy atom. The summed E-state index contributed by atoms with van der Waals surface area (Å²) in [6.45, 7) is 1.89. The van der Waals surface area contributed by atoms with Crippen LogP contribution in [0.3, 0.4) is 0 Å². The second kappa shape index (κ2) is 7.84. The van der Waals surface area contributed by atoms with Gasteiger partial charge in [0.05, 0.1) is 15.7 Å². The molecule has 1 N–H and O–H groups in total. The third kappa shape index (κ3) is 3.86. The van der Waals surface area contributed by atoms with Crippen LogP contribution in [0.25, 0.3) is 11.3 Å². The summed E-state index contributed by atoms with van der Waals surface area (Å²) in [5.74, 6) is 0.351. The molecule has 6 nitrogen and oxygen atoms in total. The molecule has 0 radical (unpaired) electrons. The Morgan fingerprint density at radius 3 is 2.27 bits per heavy atom. The van der Waals surface area contributed by atoms with Crippen molar-refractivity contribution in [3.05, 3.63) is 60.7 Å². The normalized spacial score (nSPS) is 12.7. The molecule has 0 aliphatic heterocycles. The highest BCUT2D eigenvalue weighted by molar-refractivity contribution is 7.92. The van der Waals surface area contributed by atoms with Crippen LogP contribution < -0.4 is 4.72 Å². The fourth-order valence-corrected chi connectivity index (χ4v) is 4.59. The molecule has 0 spiro atoms. The smallest absolute Gasteiger partial charge is 0.262 e. The third-order valence-corrected chi connectivity index (χ3v) is 6.43. The number of anilines is 1. The summed E-state index contributed by atoms with van der Waals surface area (Å²) < 4.78 is 45.7. The number of nitrogens with zero attached hydrogens (tertiary/aromatic N) is 1. The van der Waals surface area contributed by atoms with Gasteiger partial charge in [-0.25, -0.2) is 8.42 Å². The van der Waals surface area contributed by atoms with Crippen molar-refractivity contribution in [2.75, 3.05) is 10.5 Å². The highest BCUT2D eigenvalue weighted by atomic mass is 32.2. The Hall–Kier alpha value is -2.45. The van der Waals surface area contributed by atoms with E-state index >= 15 is 0 Å². The van der Waals surface area contributed by atoms with E-state index in [1.165, 1.54) is 12.1 Å². The van der Waals surface area contributed by atoms with Gasteiger partial charge in [0, 0.05) is 11.3 Å². The average molecular weight is 390 g/mol. The van der Waals surface area contributed by atoms with Crippen molar-refractivity contribution in [3.63, 3.8) is 0 Å². The molecule has 136 valence electrons. The number of sulfonamides is 1. The fraction of sp³-hybridized carbons (Fsp3) is 0.167. The molecule has 0 saturated carbocycles. The summed E-state index contributed by atoms with van der Waals surface area (Å²) >= 11 is 0. The molecule has 0 amide bonds. The van der Waals surface area contributed by atoms with Gasteiger partial charge in [-0.3, -0.25) is 8.93 Å². The lowest BCUT2D eigenvalue weighted by Crippen LogP contribution is -2.14.